The van der Waals surface area contributed by atoms with Crippen molar-refractivity contribution in [3.05, 3.63) is 0 Å². The van der Waals surface area contributed by atoms with Crippen molar-refractivity contribution >= 4 is 18.6 Å². The van der Waals surface area contributed by atoms with Gasteiger partial charge in [0.15, 0.2) is 5.60 Å². The Morgan fingerprint density at radius 3 is 2.44 bits per heavy atom. The van der Waals surface area contributed by atoms with Gasteiger partial charge in [0.1, 0.15) is 0 Å². The number of carbonyl (C=O) groups is 1. The highest BCUT2D eigenvalue weighted by Crippen LogP contribution is 2.06. The Kier molecular flexibility index (Phi) is 3.00. The Morgan fingerprint density at radius 1 is 1.89 bits per heavy atom. The van der Waals surface area contributed by atoms with E-state index in [1.807, 2.05) is 0 Å². The largest absolute Gasteiger partial charge is 0.467 e. The zero-order valence-corrected chi connectivity index (χ0v) is 6.31. The predicted octanol–water partition coefficient (Wildman–Crippen LogP) is -0.160. The van der Waals surface area contributed by atoms with Gasteiger partial charge in [-0.15, -0.1) is 0 Å². The average Bonchev–Trinajstić information content (AvgIpc) is 1.86. The van der Waals surface area contributed by atoms with Crippen LogP contribution in [0.15, 0.2) is 0 Å². The third kappa shape index (κ3) is 2.24. The molecule has 0 aliphatic heterocycles. The molecule has 4 heteroatoms. The number of ether oxygens (including phenoxy) is 1. The Labute approximate surface area is 59.4 Å². The molecule has 0 bridgehead atoms. The van der Waals surface area contributed by atoms with Crippen molar-refractivity contribution in [2.75, 3.05) is 12.9 Å². The number of aliphatic hydroxyl groups is 1. The van der Waals surface area contributed by atoms with Crippen LogP contribution in [0.3, 0.4) is 0 Å². The first-order chi connectivity index (χ1) is 4.04. The van der Waals surface area contributed by atoms with Gasteiger partial charge in [-0.05, 0) is 6.92 Å². The molecule has 9 heavy (non-hydrogen) atoms. The quantitative estimate of drug-likeness (QED) is 0.425. The molecular formula is C5H10O3S. The molecule has 0 radical (unpaired) electrons. The molecule has 0 aliphatic carbocycles. The van der Waals surface area contributed by atoms with Crippen molar-refractivity contribution in [3.63, 3.8) is 0 Å². The second-order valence-electron chi connectivity index (χ2n) is 1.92. The van der Waals surface area contributed by atoms with Gasteiger partial charge in [-0.1, -0.05) is 0 Å². The van der Waals surface area contributed by atoms with Gasteiger partial charge in [-0.3, -0.25) is 0 Å². The van der Waals surface area contributed by atoms with Crippen LogP contribution in [0, 0.1) is 0 Å². The summed E-state index contributed by atoms with van der Waals surface area (Å²) in [6.45, 7) is 1.35. The molecular weight excluding hydrogens is 140 g/mol. The van der Waals surface area contributed by atoms with Gasteiger partial charge < -0.3 is 9.84 Å². The molecule has 1 atom stereocenters. The Morgan fingerprint density at radius 2 is 2.33 bits per heavy atom. The van der Waals surface area contributed by atoms with Crippen LogP contribution in [-0.2, 0) is 9.53 Å². The lowest BCUT2D eigenvalue weighted by molar-refractivity contribution is -0.157. The molecule has 0 rings (SSSR count). The van der Waals surface area contributed by atoms with Crippen molar-refractivity contribution < 1.29 is 14.6 Å². The number of methoxy groups -OCH3 is 1. The Balaban J connectivity index is 3.97. The number of hydrogen-bond donors (Lipinski definition) is 2. The van der Waals surface area contributed by atoms with Crippen molar-refractivity contribution in [2.45, 2.75) is 12.5 Å². The van der Waals surface area contributed by atoms with Gasteiger partial charge in [-0.2, -0.15) is 12.6 Å². The Hall–Kier alpha value is -0.220. The first kappa shape index (κ1) is 8.78. The maximum absolute atomic E-state index is 10.5. The van der Waals surface area contributed by atoms with E-state index in [1.54, 1.807) is 0 Å². The molecule has 54 valence electrons. The van der Waals surface area contributed by atoms with Gasteiger partial charge in [-0.25, -0.2) is 4.79 Å². The minimum absolute atomic E-state index is 0.0691. The van der Waals surface area contributed by atoms with Crippen LogP contribution in [0.5, 0.6) is 0 Å². The molecule has 0 aromatic heterocycles. The first-order valence-corrected chi connectivity index (χ1v) is 3.09. The van der Waals surface area contributed by atoms with E-state index >= 15 is 0 Å². The molecule has 0 aliphatic rings. The molecule has 1 unspecified atom stereocenters. The summed E-state index contributed by atoms with van der Waals surface area (Å²) in [6.07, 6.45) is 0. The van der Waals surface area contributed by atoms with Gasteiger partial charge in [0.2, 0.25) is 0 Å². The third-order valence-corrected chi connectivity index (χ3v) is 1.55. The van der Waals surface area contributed by atoms with Crippen LogP contribution in [0.2, 0.25) is 0 Å². The number of hydrogen-bond acceptors (Lipinski definition) is 4. The SMILES string of the molecule is COC(=O)C(C)(O)CS. The van der Waals surface area contributed by atoms with Crippen molar-refractivity contribution in [3.8, 4) is 0 Å². The van der Waals surface area contributed by atoms with Crippen molar-refractivity contribution in [2.24, 2.45) is 0 Å². The van der Waals surface area contributed by atoms with Crippen LogP contribution < -0.4 is 0 Å². The summed E-state index contributed by atoms with van der Waals surface area (Å²) < 4.78 is 4.27. The highest BCUT2D eigenvalue weighted by Gasteiger charge is 2.29. The Bertz CT molecular complexity index is 111. The summed E-state index contributed by atoms with van der Waals surface area (Å²) in [5, 5.41) is 9.04. The van der Waals surface area contributed by atoms with Gasteiger partial charge in [0.05, 0.1) is 7.11 Å². The lowest BCUT2D eigenvalue weighted by Crippen LogP contribution is -2.37. The maximum atomic E-state index is 10.5. The molecule has 0 saturated heterocycles. The van der Waals surface area contributed by atoms with E-state index in [9.17, 15) is 4.79 Å². The standard InChI is InChI=1S/C5H10O3S/c1-5(7,3-9)4(6)8-2/h7,9H,3H2,1-2H3. The van der Waals surface area contributed by atoms with Crippen LogP contribution in [-0.4, -0.2) is 29.5 Å². The summed E-state index contributed by atoms with van der Waals surface area (Å²) in [5.41, 5.74) is -1.45. The van der Waals surface area contributed by atoms with E-state index in [0.717, 1.165) is 0 Å². The molecule has 1 N–H and O–H groups in total. The fraction of sp³-hybridized carbons (Fsp3) is 0.800. The number of thiol groups is 1. The molecule has 0 heterocycles. The van der Waals surface area contributed by atoms with Crippen molar-refractivity contribution in [1.82, 2.24) is 0 Å². The van der Waals surface area contributed by atoms with Gasteiger partial charge in [0.25, 0.3) is 0 Å². The summed E-state index contributed by atoms with van der Waals surface area (Å²) in [7, 11) is 1.22. The first-order valence-electron chi connectivity index (χ1n) is 2.46. The second-order valence-corrected chi connectivity index (χ2v) is 2.24. The summed E-state index contributed by atoms with van der Waals surface area (Å²) >= 11 is 3.74. The summed E-state index contributed by atoms with van der Waals surface area (Å²) in [6, 6.07) is 0. The monoisotopic (exact) mass is 150 g/mol. The molecule has 0 saturated carbocycles. The second kappa shape index (κ2) is 3.08. The van der Waals surface area contributed by atoms with Crippen molar-refractivity contribution in [1.29, 1.82) is 0 Å². The van der Waals surface area contributed by atoms with E-state index in [0.29, 0.717) is 0 Å². The lowest BCUT2D eigenvalue weighted by atomic mass is 10.1. The van der Waals surface area contributed by atoms with E-state index < -0.39 is 11.6 Å². The van der Waals surface area contributed by atoms with Crippen LogP contribution >= 0.6 is 12.6 Å². The zero-order chi connectivity index (χ0) is 7.49. The van der Waals surface area contributed by atoms with E-state index in [1.165, 1.54) is 14.0 Å². The molecule has 0 aromatic carbocycles. The molecule has 0 fully saturated rings. The fourth-order valence-electron chi connectivity index (χ4n) is 0.284. The fourth-order valence-corrected chi connectivity index (χ4v) is 0.414. The summed E-state index contributed by atoms with van der Waals surface area (Å²) in [4.78, 5) is 10.5. The molecule has 0 spiro atoms. The smallest absolute Gasteiger partial charge is 0.338 e. The predicted molar refractivity (Wildman–Crippen MR) is 36.5 cm³/mol. The lowest BCUT2D eigenvalue weighted by Gasteiger charge is -2.16. The van der Waals surface area contributed by atoms with E-state index in [2.05, 4.69) is 17.4 Å². The van der Waals surface area contributed by atoms with Crippen LogP contribution in [0.25, 0.3) is 0 Å². The normalized spacial score (nSPS) is 16.4. The maximum Gasteiger partial charge on any atom is 0.338 e. The minimum atomic E-state index is -1.45. The summed E-state index contributed by atoms with van der Waals surface area (Å²) in [5.74, 6) is -0.586. The van der Waals surface area contributed by atoms with E-state index in [-0.39, 0.29) is 5.75 Å². The number of carbonyl (C=O) groups excluding carboxylic acids is 1. The third-order valence-electron chi connectivity index (χ3n) is 0.933. The average molecular weight is 150 g/mol. The van der Waals surface area contributed by atoms with Crippen LogP contribution in [0.4, 0.5) is 0 Å². The number of rotatable bonds is 2. The van der Waals surface area contributed by atoms with Gasteiger partial charge in [0, 0.05) is 5.75 Å². The van der Waals surface area contributed by atoms with Crippen LogP contribution in [0.1, 0.15) is 6.92 Å². The highest BCUT2D eigenvalue weighted by molar-refractivity contribution is 7.80. The topological polar surface area (TPSA) is 46.5 Å². The molecule has 0 amide bonds. The minimum Gasteiger partial charge on any atom is -0.467 e. The molecule has 0 aromatic rings. The van der Waals surface area contributed by atoms with Gasteiger partial charge >= 0.3 is 5.97 Å². The molecule has 3 nitrogen and oxygen atoms in total. The number of esters is 1. The highest BCUT2D eigenvalue weighted by atomic mass is 32.1. The zero-order valence-electron chi connectivity index (χ0n) is 5.42. The van der Waals surface area contributed by atoms with E-state index in [4.69, 9.17) is 5.11 Å².